The zero-order valence-corrected chi connectivity index (χ0v) is 16.5. The normalized spacial score (nSPS) is 21.0. The second kappa shape index (κ2) is 9.17. The van der Waals surface area contributed by atoms with Crippen LogP contribution in [0.15, 0.2) is 45.9 Å². The van der Waals surface area contributed by atoms with Gasteiger partial charge in [-0.15, -0.1) is 0 Å². The minimum absolute atomic E-state index is 0.0216. The fraction of sp³-hybridized carbons (Fsp3) is 0.389. The summed E-state index contributed by atoms with van der Waals surface area (Å²) in [7, 11) is -5.48. The van der Waals surface area contributed by atoms with E-state index in [0.29, 0.717) is 0 Å². The number of nitriles is 1. The highest BCUT2D eigenvalue weighted by molar-refractivity contribution is 7.92. The smallest absolute Gasteiger partial charge is 0.386 e. The quantitative estimate of drug-likeness (QED) is 0.347. The van der Waals surface area contributed by atoms with Crippen LogP contribution in [-0.4, -0.2) is 31.7 Å². The second-order valence-corrected chi connectivity index (χ2v) is 8.60. The van der Waals surface area contributed by atoms with Gasteiger partial charge in [-0.05, 0) is 37.1 Å². The summed E-state index contributed by atoms with van der Waals surface area (Å²) in [6.45, 7) is 0. The standard InChI is InChI=1S/C18H20F3N5O3S/c19-18(20,21)30(28,29)13-7-5-12(6-8-13)26-16(23)14(17(24)27)10-25-15-4-2-1-3-11(15)9-22/h5-8,10-11,15,25H,1-4H2,(H2,23,26)(H2,24,27)/b14-10+/t11-,15+/m1/s1. The van der Waals surface area contributed by atoms with E-state index in [1.807, 2.05) is 0 Å². The maximum Gasteiger partial charge on any atom is 0.501 e. The predicted molar refractivity (Wildman–Crippen MR) is 103 cm³/mol. The van der Waals surface area contributed by atoms with Crippen LogP contribution in [0.2, 0.25) is 0 Å². The van der Waals surface area contributed by atoms with Gasteiger partial charge in [0.2, 0.25) is 0 Å². The monoisotopic (exact) mass is 443 g/mol. The molecule has 12 heteroatoms. The van der Waals surface area contributed by atoms with E-state index in [1.165, 1.54) is 6.20 Å². The maximum absolute atomic E-state index is 12.6. The van der Waals surface area contributed by atoms with Crippen molar-refractivity contribution in [1.29, 1.82) is 5.26 Å². The van der Waals surface area contributed by atoms with Crippen LogP contribution in [0.4, 0.5) is 18.9 Å². The van der Waals surface area contributed by atoms with Crippen LogP contribution >= 0.6 is 0 Å². The number of nitrogens with zero attached hydrogens (tertiary/aromatic N) is 2. The number of alkyl halides is 3. The van der Waals surface area contributed by atoms with Crippen LogP contribution < -0.4 is 16.8 Å². The Balaban J connectivity index is 2.24. The van der Waals surface area contributed by atoms with Crippen molar-refractivity contribution < 1.29 is 26.4 Å². The number of sulfone groups is 1. The third kappa shape index (κ3) is 5.29. The summed E-state index contributed by atoms with van der Waals surface area (Å²) in [6.07, 6.45) is 4.58. The Morgan fingerprint density at radius 2 is 1.80 bits per heavy atom. The summed E-state index contributed by atoms with van der Waals surface area (Å²) in [5, 5.41) is 12.2. The van der Waals surface area contributed by atoms with E-state index in [0.717, 1.165) is 49.9 Å². The minimum Gasteiger partial charge on any atom is -0.386 e. The summed E-state index contributed by atoms with van der Waals surface area (Å²) in [4.78, 5) is 14.7. The van der Waals surface area contributed by atoms with Gasteiger partial charge in [-0.25, -0.2) is 13.4 Å². The van der Waals surface area contributed by atoms with Crippen LogP contribution in [0.1, 0.15) is 25.7 Å². The Hall–Kier alpha value is -3.07. The molecule has 0 aromatic heterocycles. The highest BCUT2D eigenvalue weighted by Crippen LogP contribution is 2.31. The zero-order valence-electron chi connectivity index (χ0n) is 15.7. The van der Waals surface area contributed by atoms with Crippen LogP contribution in [0.5, 0.6) is 0 Å². The van der Waals surface area contributed by atoms with Crippen molar-refractivity contribution in [3.63, 3.8) is 0 Å². The molecule has 0 saturated heterocycles. The lowest BCUT2D eigenvalue weighted by Gasteiger charge is -2.27. The lowest BCUT2D eigenvalue weighted by molar-refractivity contribution is -0.114. The molecular weight excluding hydrogens is 423 g/mol. The van der Waals surface area contributed by atoms with Gasteiger partial charge in [-0.3, -0.25) is 4.79 Å². The van der Waals surface area contributed by atoms with Gasteiger partial charge in [0.05, 0.1) is 28.1 Å². The number of primary amides is 1. The number of carbonyl (C=O) groups is 1. The van der Waals surface area contributed by atoms with E-state index in [4.69, 9.17) is 11.5 Å². The molecule has 8 nitrogen and oxygen atoms in total. The van der Waals surface area contributed by atoms with Crippen molar-refractivity contribution in [3.8, 4) is 6.07 Å². The topological polar surface area (TPSA) is 151 Å². The van der Waals surface area contributed by atoms with E-state index in [-0.39, 0.29) is 29.1 Å². The number of amides is 1. The number of aliphatic imine (C=N–C) groups is 1. The molecule has 1 aromatic carbocycles. The van der Waals surface area contributed by atoms with Gasteiger partial charge in [0.25, 0.3) is 15.7 Å². The van der Waals surface area contributed by atoms with Crippen molar-refractivity contribution >= 4 is 27.3 Å². The molecule has 0 radical (unpaired) electrons. The number of benzene rings is 1. The summed E-state index contributed by atoms with van der Waals surface area (Å²) >= 11 is 0. The number of halogens is 3. The Kier molecular flexibility index (Phi) is 7.09. The third-order valence-electron chi connectivity index (χ3n) is 4.62. The van der Waals surface area contributed by atoms with Gasteiger partial charge in [0, 0.05) is 12.2 Å². The molecule has 1 fully saturated rings. The molecule has 2 rings (SSSR count). The summed E-state index contributed by atoms with van der Waals surface area (Å²) in [6, 6.07) is 5.53. The van der Waals surface area contributed by atoms with Crippen molar-refractivity contribution in [2.75, 3.05) is 0 Å². The van der Waals surface area contributed by atoms with E-state index in [9.17, 15) is 31.6 Å². The SMILES string of the molecule is N#C[C@H]1CCCC[C@@H]1N/C=C(/C(N)=O)C(N)=Nc1ccc(S(=O)(=O)C(F)(F)F)cc1. The van der Waals surface area contributed by atoms with Crippen molar-refractivity contribution in [2.45, 2.75) is 42.1 Å². The molecule has 162 valence electrons. The molecule has 1 amide bonds. The first-order valence-corrected chi connectivity index (χ1v) is 10.4. The lowest BCUT2D eigenvalue weighted by Crippen LogP contribution is -2.37. The fourth-order valence-electron chi connectivity index (χ4n) is 2.98. The number of carbonyl (C=O) groups excluding carboxylic acids is 1. The van der Waals surface area contributed by atoms with Gasteiger partial charge in [0.1, 0.15) is 5.84 Å². The van der Waals surface area contributed by atoms with Crippen LogP contribution in [-0.2, 0) is 14.6 Å². The second-order valence-electron chi connectivity index (χ2n) is 6.66. The van der Waals surface area contributed by atoms with E-state index >= 15 is 0 Å². The van der Waals surface area contributed by atoms with Gasteiger partial charge < -0.3 is 16.8 Å². The highest BCUT2D eigenvalue weighted by atomic mass is 32.2. The van der Waals surface area contributed by atoms with Gasteiger partial charge in [-0.1, -0.05) is 12.8 Å². The molecule has 0 aliphatic heterocycles. The molecule has 0 spiro atoms. The van der Waals surface area contributed by atoms with Crippen LogP contribution in [0, 0.1) is 17.2 Å². The average molecular weight is 443 g/mol. The molecule has 2 atom stereocenters. The molecule has 0 heterocycles. The van der Waals surface area contributed by atoms with Gasteiger partial charge in [0.15, 0.2) is 0 Å². The third-order valence-corrected chi connectivity index (χ3v) is 6.12. The first kappa shape index (κ1) is 23.2. The molecule has 1 aromatic rings. The first-order chi connectivity index (χ1) is 14.0. The van der Waals surface area contributed by atoms with Crippen LogP contribution in [0.25, 0.3) is 0 Å². The fourth-order valence-corrected chi connectivity index (χ4v) is 3.74. The first-order valence-electron chi connectivity index (χ1n) is 8.89. The Bertz CT molecular complexity index is 995. The molecule has 0 unspecified atom stereocenters. The number of hydrogen-bond acceptors (Lipinski definition) is 6. The minimum atomic E-state index is -5.48. The van der Waals surface area contributed by atoms with E-state index in [2.05, 4.69) is 16.4 Å². The number of nitrogens with two attached hydrogens (primary N) is 2. The molecule has 1 aliphatic rings. The maximum atomic E-state index is 12.6. The Morgan fingerprint density at radius 1 is 1.20 bits per heavy atom. The largest absolute Gasteiger partial charge is 0.501 e. The Labute approximate surface area is 171 Å². The number of hydrogen-bond donors (Lipinski definition) is 3. The van der Waals surface area contributed by atoms with Crippen LogP contribution in [0.3, 0.4) is 0 Å². The average Bonchev–Trinajstić information content (AvgIpc) is 2.67. The van der Waals surface area contributed by atoms with Gasteiger partial charge >= 0.3 is 5.51 Å². The van der Waals surface area contributed by atoms with E-state index < -0.39 is 26.1 Å². The highest BCUT2D eigenvalue weighted by Gasteiger charge is 2.46. The summed E-state index contributed by atoms with van der Waals surface area (Å²) < 4.78 is 60.6. The summed E-state index contributed by atoms with van der Waals surface area (Å²) in [5.41, 5.74) is 5.55. The molecular formula is C18H20F3N5O3S. The molecule has 1 aliphatic carbocycles. The molecule has 0 bridgehead atoms. The van der Waals surface area contributed by atoms with Crippen molar-refractivity contribution in [3.05, 3.63) is 36.0 Å². The van der Waals surface area contributed by atoms with Crippen molar-refractivity contribution in [2.24, 2.45) is 22.4 Å². The number of rotatable bonds is 6. The Morgan fingerprint density at radius 3 is 2.33 bits per heavy atom. The molecule has 30 heavy (non-hydrogen) atoms. The number of nitrogens with one attached hydrogen (secondary N) is 1. The summed E-state index contributed by atoms with van der Waals surface area (Å²) in [5.74, 6) is -1.44. The van der Waals surface area contributed by atoms with Gasteiger partial charge in [-0.2, -0.15) is 18.4 Å². The molecule has 1 saturated carbocycles. The zero-order chi connectivity index (χ0) is 22.5. The molecule has 5 N–H and O–H groups in total. The lowest BCUT2D eigenvalue weighted by atomic mass is 9.85. The number of amidine groups is 1. The van der Waals surface area contributed by atoms with E-state index in [1.54, 1.807) is 0 Å². The van der Waals surface area contributed by atoms with Crippen molar-refractivity contribution in [1.82, 2.24) is 5.32 Å². The predicted octanol–water partition coefficient (Wildman–Crippen LogP) is 2.01.